The van der Waals surface area contributed by atoms with Crippen molar-refractivity contribution < 1.29 is 14.3 Å². The number of carbonyl (C=O) groups excluding carboxylic acids is 1. The number of amides is 1. The highest BCUT2D eigenvalue weighted by Crippen LogP contribution is 2.32. The van der Waals surface area contributed by atoms with Crippen molar-refractivity contribution in [2.24, 2.45) is 0 Å². The zero-order valence-electron chi connectivity index (χ0n) is 22.7. The summed E-state index contributed by atoms with van der Waals surface area (Å²) in [7, 11) is 0. The number of carbonyl (C=O) groups is 1. The fourth-order valence-corrected chi connectivity index (χ4v) is 4.67. The molecule has 200 valence electrons. The van der Waals surface area contributed by atoms with Gasteiger partial charge in [0.15, 0.2) is 17.1 Å². The number of nitrogens with two attached hydrogens (primary N) is 1. The van der Waals surface area contributed by atoms with Crippen molar-refractivity contribution in [3.8, 4) is 17.2 Å². The van der Waals surface area contributed by atoms with Crippen LogP contribution in [0.25, 0.3) is 27.9 Å². The van der Waals surface area contributed by atoms with Gasteiger partial charge in [-0.1, -0.05) is 24.3 Å². The summed E-state index contributed by atoms with van der Waals surface area (Å²) < 4.78 is 13.2. The van der Waals surface area contributed by atoms with E-state index in [1.807, 2.05) is 86.0 Å². The van der Waals surface area contributed by atoms with E-state index in [2.05, 4.69) is 12.2 Å². The molecule has 0 bridgehead atoms. The predicted molar refractivity (Wildman–Crippen MR) is 155 cm³/mol. The number of nitrogen functional groups attached to an aromatic ring is 1. The number of nitrogens with zero attached hydrogens (tertiary/aromatic N) is 3. The molecule has 0 aliphatic heterocycles. The number of aryl methyl sites for hydroxylation is 2. The summed E-state index contributed by atoms with van der Waals surface area (Å²) in [6, 6.07) is 19.5. The Balaban J connectivity index is 1.48. The second kappa shape index (κ2) is 11.0. The minimum Gasteiger partial charge on any atom is -0.490 e. The molecule has 3 N–H and O–H groups in total. The topological polar surface area (TPSA) is 104 Å². The van der Waals surface area contributed by atoms with Gasteiger partial charge in [0.1, 0.15) is 16.9 Å². The third kappa shape index (κ3) is 5.10. The highest BCUT2D eigenvalue weighted by atomic mass is 16.5. The minimum atomic E-state index is -0.291. The molecule has 0 aliphatic carbocycles. The third-order valence-electron chi connectivity index (χ3n) is 6.78. The first kappa shape index (κ1) is 26.0. The molecule has 2 heterocycles. The van der Waals surface area contributed by atoms with E-state index >= 15 is 0 Å². The Morgan fingerprint density at radius 3 is 2.33 bits per heavy atom. The number of ether oxygens (including phenoxy) is 2. The van der Waals surface area contributed by atoms with E-state index in [0.29, 0.717) is 65.7 Å². The van der Waals surface area contributed by atoms with Crippen molar-refractivity contribution in [3.05, 3.63) is 82.9 Å². The normalized spacial score (nSPS) is 11.2. The Morgan fingerprint density at radius 2 is 1.62 bits per heavy atom. The molecule has 0 fully saturated rings. The smallest absolute Gasteiger partial charge is 0.257 e. The molecule has 0 unspecified atom stereocenters. The highest BCUT2D eigenvalue weighted by Gasteiger charge is 2.25. The third-order valence-corrected chi connectivity index (χ3v) is 6.78. The fourth-order valence-electron chi connectivity index (χ4n) is 4.67. The lowest BCUT2D eigenvalue weighted by molar-refractivity contribution is 0.0956. The number of benzene rings is 3. The van der Waals surface area contributed by atoms with Crippen LogP contribution < -0.4 is 20.5 Å². The van der Waals surface area contributed by atoms with E-state index in [1.54, 1.807) is 0 Å². The van der Waals surface area contributed by atoms with Crippen LogP contribution in [0.5, 0.6) is 11.5 Å². The van der Waals surface area contributed by atoms with E-state index in [-0.39, 0.29) is 5.91 Å². The van der Waals surface area contributed by atoms with Crippen LogP contribution in [0.1, 0.15) is 40.9 Å². The molecule has 5 aromatic rings. The van der Waals surface area contributed by atoms with Crippen LogP contribution in [0, 0.1) is 13.8 Å². The van der Waals surface area contributed by atoms with E-state index < -0.39 is 0 Å². The molecule has 3 aromatic carbocycles. The average Bonchev–Trinajstić information content (AvgIpc) is 3.21. The molecule has 8 heteroatoms. The second-order valence-corrected chi connectivity index (χ2v) is 9.40. The predicted octanol–water partition coefficient (Wildman–Crippen LogP) is 5.54. The van der Waals surface area contributed by atoms with Gasteiger partial charge in [-0.15, -0.1) is 0 Å². The number of hydrogen-bond donors (Lipinski definition) is 2. The van der Waals surface area contributed by atoms with Crippen LogP contribution in [0.15, 0.2) is 60.7 Å². The Bertz CT molecular complexity index is 1670. The highest BCUT2D eigenvalue weighted by molar-refractivity contribution is 6.11. The van der Waals surface area contributed by atoms with Crippen molar-refractivity contribution in [2.75, 3.05) is 25.5 Å². The lowest BCUT2D eigenvalue weighted by atomic mass is 10.1. The summed E-state index contributed by atoms with van der Waals surface area (Å²) >= 11 is 0. The summed E-state index contributed by atoms with van der Waals surface area (Å²) in [5.41, 5.74) is 13.6. The molecule has 0 radical (unpaired) electrons. The summed E-state index contributed by atoms with van der Waals surface area (Å²) in [6.07, 6.45) is 0.614. The Morgan fingerprint density at radius 1 is 0.897 bits per heavy atom. The van der Waals surface area contributed by atoms with Crippen LogP contribution in [0.4, 0.5) is 5.82 Å². The number of para-hydroxylation sites is 2. The van der Waals surface area contributed by atoms with E-state index in [9.17, 15) is 4.79 Å². The first-order valence-electron chi connectivity index (χ1n) is 13.2. The van der Waals surface area contributed by atoms with Gasteiger partial charge in [0.2, 0.25) is 0 Å². The zero-order chi connectivity index (χ0) is 27.5. The van der Waals surface area contributed by atoms with Gasteiger partial charge in [0.05, 0.1) is 24.2 Å². The average molecular weight is 524 g/mol. The van der Waals surface area contributed by atoms with Crippen LogP contribution in [-0.4, -0.2) is 40.2 Å². The Labute approximate surface area is 227 Å². The molecule has 1 amide bonds. The number of fused-ring (bicyclic) bond motifs is 2. The van der Waals surface area contributed by atoms with Gasteiger partial charge in [0.25, 0.3) is 5.91 Å². The molecule has 0 spiro atoms. The lowest BCUT2D eigenvalue weighted by Crippen LogP contribution is -2.26. The molecule has 5 rings (SSSR count). The first-order valence-corrected chi connectivity index (χ1v) is 13.2. The largest absolute Gasteiger partial charge is 0.490 e. The first-order chi connectivity index (χ1) is 18.9. The summed E-state index contributed by atoms with van der Waals surface area (Å²) in [6.45, 7) is 9.50. The molecule has 0 saturated carbocycles. The summed E-state index contributed by atoms with van der Waals surface area (Å²) in [4.78, 5) is 23.2. The van der Waals surface area contributed by atoms with E-state index in [4.69, 9.17) is 25.2 Å². The van der Waals surface area contributed by atoms with Crippen molar-refractivity contribution in [1.82, 2.24) is 19.9 Å². The fraction of sp³-hybridized carbons (Fsp3) is 0.258. The standard InChI is InChI=1S/C31H33N5O3/c1-5-38-25-14-12-21(18-26(25)39-6-2)15-16-33-31(37)27-28-30(35-24-10-8-7-9-23(24)34-28)36(29(27)32)22-13-11-19(3)20(4)17-22/h7-14,17-18H,5-6,15-16,32H2,1-4H3,(H,33,37). The zero-order valence-corrected chi connectivity index (χ0v) is 22.7. The van der Waals surface area contributed by atoms with E-state index in [0.717, 1.165) is 22.3 Å². The molecular weight excluding hydrogens is 490 g/mol. The van der Waals surface area contributed by atoms with Crippen molar-refractivity contribution in [2.45, 2.75) is 34.1 Å². The van der Waals surface area contributed by atoms with Crippen LogP contribution in [-0.2, 0) is 6.42 Å². The summed E-state index contributed by atoms with van der Waals surface area (Å²) in [5.74, 6) is 1.43. The minimum absolute atomic E-state index is 0.291. The molecule has 0 saturated heterocycles. The second-order valence-electron chi connectivity index (χ2n) is 9.40. The Kier molecular flexibility index (Phi) is 7.36. The number of rotatable bonds is 9. The van der Waals surface area contributed by atoms with Crippen LogP contribution in [0.2, 0.25) is 0 Å². The van der Waals surface area contributed by atoms with Gasteiger partial charge < -0.3 is 20.5 Å². The molecule has 0 aliphatic rings. The molecule has 39 heavy (non-hydrogen) atoms. The number of anilines is 1. The van der Waals surface area contributed by atoms with Crippen LogP contribution >= 0.6 is 0 Å². The van der Waals surface area contributed by atoms with Gasteiger partial charge in [-0.25, -0.2) is 9.97 Å². The maximum absolute atomic E-state index is 13.6. The molecule has 0 atom stereocenters. The maximum Gasteiger partial charge on any atom is 0.257 e. The van der Waals surface area contributed by atoms with Gasteiger partial charge in [0, 0.05) is 12.2 Å². The molecule has 2 aromatic heterocycles. The maximum atomic E-state index is 13.6. The SMILES string of the molecule is CCOc1ccc(CCNC(=O)c2c(N)n(-c3ccc(C)c(C)c3)c3nc4ccccc4nc23)cc1OCC. The molecular formula is C31H33N5O3. The number of aromatic nitrogens is 3. The number of hydrogen-bond acceptors (Lipinski definition) is 6. The van der Waals surface area contributed by atoms with Crippen molar-refractivity contribution >= 4 is 33.9 Å². The van der Waals surface area contributed by atoms with Gasteiger partial charge in [-0.2, -0.15) is 0 Å². The lowest BCUT2D eigenvalue weighted by Gasteiger charge is -2.13. The number of nitrogens with one attached hydrogen (secondary N) is 1. The molecule has 8 nitrogen and oxygen atoms in total. The van der Waals surface area contributed by atoms with E-state index in [1.165, 1.54) is 5.56 Å². The quantitative estimate of drug-likeness (QED) is 0.263. The Hall–Kier alpha value is -4.59. The van der Waals surface area contributed by atoms with Gasteiger partial charge in [-0.05, 0) is 87.2 Å². The van der Waals surface area contributed by atoms with Gasteiger partial charge in [-0.3, -0.25) is 9.36 Å². The van der Waals surface area contributed by atoms with Gasteiger partial charge >= 0.3 is 0 Å². The van der Waals surface area contributed by atoms with Crippen LogP contribution in [0.3, 0.4) is 0 Å². The van der Waals surface area contributed by atoms with Crippen molar-refractivity contribution in [1.29, 1.82) is 0 Å². The monoisotopic (exact) mass is 523 g/mol. The summed E-state index contributed by atoms with van der Waals surface area (Å²) in [5, 5.41) is 3.03. The van der Waals surface area contributed by atoms with Crippen molar-refractivity contribution in [3.63, 3.8) is 0 Å².